The van der Waals surface area contributed by atoms with Gasteiger partial charge in [-0.25, -0.2) is 9.67 Å². The zero-order chi connectivity index (χ0) is 17.3. The van der Waals surface area contributed by atoms with Crippen molar-refractivity contribution in [2.45, 2.75) is 20.8 Å². The zero-order valence-electron chi connectivity index (χ0n) is 14.3. The molecule has 0 saturated carbocycles. The highest BCUT2D eigenvalue weighted by Crippen LogP contribution is 2.21. The molecule has 0 radical (unpaired) electrons. The van der Waals surface area contributed by atoms with E-state index in [1.54, 1.807) is 23.0 Å². The van der Waals surface area contributed by atoms with E-state index in [0.717, 1.165) is 16.9 Å². The van der Waals surface area contributed by atoms with Crippen LogP contribution in [0, 0.1) is 20.8 Å². The van der Waals surface area contributed by atoms with Crippen LogP contribution in [0.25, 0.3) is 5.69 Å². The van der Waals surface area contributed by atoms with Crippen molar-refractivity contribution in [1.82, 2.24) is 14.8 Å². The second kappa shape index (κ2) is 6.28. The molecule has 0 saturated heterocycles. The Morgan fingerprint density at radius 1 is 1.00 bits per heavy atom. The smallest absolute Gasteiger partial charge is 0.297 e. The second-order valence-electron chi connectivity index (χ2n) is 6.00. The fraction of sp³-hybridized carbons (Fsp3) is 0.211. The number of hydrogen-bond donors (Lipinski definition) is 0. The Labute approximate surface area is 141 Å². The van der Waals surface area contributed by atoms with Crippen molar-refractivity contribution < 1.29 is 4.79 Å². The molecule has 122 valence electrons. The van der Waals surface area contributed by atoms with Gasteiger partial charge in [0.05, 0.1) is 5.69 Å². The van der Waals surface area contributed by atoms with Gasteiger partial charge in [-0.3, -0.25) is 4.79 Å². The normalized spacial score (nSPS) is 10.7. The average Bonchev–Trinajstić information content (AvgIpc) is 3.04. The van der Waals surface area contributed by atoms with Crippen LogP contribution in [0.1, 0.15) is 27.3 Å². The first kappa shape index (κ1) is 15.9. The molecule has 5 nitrogen and oxygen atoms in total. The number of carbonyl (C=O) groups is 1. The quantitative estimate of drug-likeness (QED) is 0.742. The van der Waals surface area contributed by atoms with Crippen LogP contribution in [0.15, 0.2) is 48.8 Å². The maximum Gasteiger partial charge on any atom is 0.297 e. The van der Waals surface area contributed by atoms with E-state index in [2.05, 4.69) is 16.1 Å². The van der Waals surface area contributed by atoms with E-state index in [9.17, 15) is 4.79 Å². The van der Waals surface area contributed by atoms with Gasteiger partial charge in [-0.1, -0.05) is 35.4 Å². The summed E-state index contributed by atoms with van der Waals surface area (Å²) in [6.07, 6.45) is 1.56. The monoisotopic (exact) mass is 320 g/mol. The highest BCUT2D eigenvalue weighted by molar-refractivity contribution is 6.03. The van der Waals surface area contributed by atoms with E-state index in [0.29, 0.717) is 0 Å². The van der Waals surface area contributed by atoms with Crippen LogP contribution in [0.3, 0.4) is 0 Å². The first-order chi connectivity index (χ1) is 11.5. The number of carbonyl (C=O) groups excluding carboxylic acids is 1. The molecule has 0 aliphatic carbocycles. The van der Waals surface area contributed by atoms with Gasteiger partial charge in [-0.05, 0) is 44.5 Å². The lowest BCUT2D eigenvalue weighted by Crippen LogP contribution is -2.28. The Kier molecular flexibility index (Phi) is 4.16. The number of hydrogen-bond acceptors (Lipinski definition) is 3. The zero-order valence-corrected chi connectivity index (χ0v) is 14.3. The van der Waals surface area contributed by atoms with Crippen molar-refractivity contribution in [3.63, 3.8) is 0 Å². The molecule has 0 spiro atoms. The van der Waals surface area contributed by atoms with Gasteiger partial charge in [-0.2, -0.15) is 0 Å². The number of aryl methyl sites for hydroxylation is 3. The summed E-state index contributed by atoms with van der Waals surface area (Å²) in [5, 5.41) is 4.32. The van der Waals surface area contributed by atoms with Crippen LogP contribution in [0.4, 0.5) is 5.69 Å². The second-order valence-corrected chi connectivity index (χ2v) is 6.00. The van der Waals surface area contributed by atoms with Crippen LogP contribution in [0.5, 0.6) is 0 Å². The molecule has 1 aromatic heterocycles. The largest absolute Gasteiger partial charge is 0.308 e. The third kappa shape index (κ3) is 3.06. The Morgan fingerprint density at radius 2 is 1.67 bits per heavy atom. The molecule has 0 bridgehead atoms. The standard InChI is InChI=1S/C19H20N4O/c1-13-5-8-16(9-6-13)23-12-20-18(21-23)19(24)22(4)17-10-7-14(2)11-15(17)3/h5-12H,1-4H3. The molecule has 0 aliphatic heterocycles. The SMILES string of the molecule is Cc1ccc(-n2cnc(C(=O)N(C)c3ccc(C)cc3C)n2)cc1. The van der Waals surface area contributed by atoms with Gasteiger partial charge in [0.15, 0.2) is 0 Å². The number of benzene rings is 2. The molecule has 0 unspecified atom stereocenters. The minimum atomic E-state index is -0.229. The summed E-state index contributed by atoms with van der Waals surface area (Å²) in [6, 6.07) is 13.9. The molecule has 3 rings (SSSR count). The molecular weight excluding hydrogens is 300 g/mol. The van der Waals surface area contributed by atoms with Crippen molar-refractivity contribution in [2.24, 2.45) is 0 Å². The molecule has 2 aromatic carbocycles. The first-order valence-corrected chi connectivity index (χ1v) is 7.80. The third-order valence-corrected chi connectivity index (χ3v) is 4.00. The summed E-state index contributed by atoms with van der Waals surface area (Å²) in [4.78, 5) is 18.4. The first-order valence-electron chi connectivity index (χ1n) is 7.80. The highest BCUT2D eigenvalue weighted by Gasteiger charge is 2.19. The summed E-state index contributed by atoms with van der Waals surface area (Å²) in [5.41, 5.74) is 5.12. The summed E-state index contributed by atoms with van der Waals surface area (Å²) >= 11 is 0. The topological polar surface area (TPSA) is 51.0 Å². The van der Waals surface area contributed by atoms with Crippen LogP contribution >= 0.6 is 0 Å². The van der Waals surface area contributed by atoms with Gasteiger partial charge in [0.1, 0.15) is 6.33 Å². The lowest BCUT2D eigenvalue weighted by molar-refractivity contribution is 0.0983. The minimum absolute atomic E-state index is 0.179. The fourth-order valence-corrected chi connectivity index (χ4v) is 2.62. The van der Waals surface area contributed by atoms with Crippen molar-refractivity contribution in [2.75, 3.05) is 11.9 Å². The van der Waals surface area contributed by atoms with Gasteiger partial charge in [0.2, 0.25) is 5.82 Å². The van der Waals surface area contributed by atoms with Gasteiger partial charge in [0, 0.05) is 12.7 Å². The van der Waals surface area contributed by atoms with Gasteiger partial charge in [-0.15, -0.1) is 5.10 Å². The van der Waals surface area contributed by atoms with Crippen LogP contribution in [-0.2, 0) is 0 Å². The molecule has 1 amide bonds. The van der Waals surface area contributed by atoms with Gasteiger partial charge < -0.3 is 4.90 Å². The number of anilines is 1. The lowest BCUT2D eigenvalue weighted by atomic mass is 10.1. The van der Waals surface area contributed by atoms with E-state index in [1.165, 1.54) is 11.1 Å². The molecular formula is C19H20N4O. The van der Waals surface area contributed by atoms with Gasteiger partial charge >= 0.3 is 0 Å². The Morgan fingerprint density at radius 3 is 2.33 bits per heavy atom. The van der Waals surface area contributed by atoms with Crippen LogP contribution in [-0.4, -0.2) is 27.7 Å². The van der Waals surface area contributed by atoms with E-state index in [1.807, 2.05) is 57.2 Å². The molecule has 5 heteroatoms. The number of aromatic nitrogens is 3. The lowest BCUT2D eigenvalue weighted by Gasteiger charge is -2.18. The number of amides is 1. The van der Waals surface area contributed by atoms with Crippen molar-refractivity contribution >= 4 is 11.6 Å². The fourth-order valence-electron chi connectivity index (χ4n) is 2.62. The third-order valence-electron chi connectivity index (χ3n) is 4.00. The summed E-state index contributed by atoms with van der Waals surface area (Å²) in [5.74, 6) is -0.0501. The average molecular weight is 320 g/mol. The van der Waals surface area contributed by atoms with E-state index in [-0.39, 0.29) is 11.7 Å². The summed E-state index contributed by atoms with van der Waals surface area (Å²) in [7, 11) is 1.74. The molecule has 0 N–H and O–H groups in total. The minimum Gasteiger partial charge on any atom is -0.308 e. The maximum atomic E-state index is 12.7. The van der Waals surface area contributed by atoms with Crippen molar-refractivity contribution in [3.05, 3.63) is 71.3 Å². The Hall–Kier alpha value is -2.95. The Balaban J connectivity index is 1.86. The van der Waals surface area contributed by atoms with E-state index in [4.69, 9.17) is 0 Å². The predicted octanol–water partition coefficient (Wildman–Crippen LogP) is 3.47. The van der Waals surface area contributed by atoms with Crippen molar-refractivity contribution in [3.8, 4) is 5.69 Å². The predicted molar refractivity (Wildman–Crippen MR) is 94.7 cm³/mol. The molecule has 0 atom stereocenters. The molecule has 24 heavy (non-hydrogen) atoms. The van der Waals surface area contributed by atoms with E-state index < -0.39 is 0 Å². The summed E-state index contributed by atoms with van der Waals surface area (Å²) < 4.78 is 1.61. The maximum absolute atomic E-state index is 12.7. The number of nitrogens with zero attached hydrogens (tertiary/aromatic N) is 4. The van der Waals surface area contributed by atoms with Gasteiger partial charge in [0.25, 0.3) is 5.91 Å². The molecule has 0 aliphatic rings. The van der Waals surface area contributed by atoms with Crippen molar-refractivity contribution in [1.29, 1.82) is 0 Å². The van der Waals surface area contributed by atoms with Crippen LogP contribution < -0.4 is 4.90 Å². The molecule has 1 heterocycles. The molecule has 0 fully saturated rings. The van der Waals surface area contributed by atoms with E-state index >= 15 is 0 Å². The van der Waals surface area contributed by atoms with Crippen LogP contribution in [0.2, 0.25) is 0 Å². The molecule has 3 aromatic rings. The Bertz CT molecular complexity index is 881. The number of rotatable bonds is 3. The highest BCUT2D eigenvalue weighted by atomic mass is 16.2. The summed E-state index contributed by atoms with van der Waals surface area (Å²) in [6.45, 7) is 6.05.